The average Bonchev–Trinajstić information content (AvgIpc) is 2.96. The first-order valence-corrected chi connectivity index (χ1v) is 7.89. The molecule has 0 aliphatic carbocycles. The van der Waals surface area contributed by atoms with E-state index in [2.05, 4.69) is 36.2 Å². The summed E-state index contributed by atoms with van der Waals surface area (Å²) in [6.07, 6.45) is 3.16. The number of nitrogens with zero attached hydrogens (tertiary/aromatic N) is 3. The summed E-state index contributed by atoms with van der Waals surface area (Å²) in [7, 11) is 0. The number of amides is 1. The third-order valence-electron chi connectivity index (χ3n) is 3.92. The molecule has 0 atom stereocenters. The molecule has 0 saturated carbocycles. The van der Waals surface area contributed by atoms with E-state index in [0.717, 1.165) is 5.69 Å². The number of benzene rings is 1. The van der Waals surface area contributed by atoms with Crippen LogP contribution in [0.1, 0.15) is 42.4 Å². The van der Waals surface area contributed by atoms with Crippen LogP contribution in [0.25, 0.3) is 5.65 Å². The van der Waals surface area contributed by atoms with Gasteiger partial charge in [0.1, 0.15) is 17.1 Å². The fourth-order valence-corrected chi connectivity index (χ4v) is 2.59. The van der Waals surface area contributed by atoms with Crippen molar-refractivity contribution >= 4 is 11.6 Å². The summed E-state index contributed by atoms with van der Waals surface area (Å²) in [6.45, 7) is 6.33. The van der Waals surface area contributed by atoms with E-state index in [-0.39, 0.29) is 29.4 Å². The van der Waals surface area contributed by atoms with E-state index in [1.54, 1.807) is 16.8 Å². The van der Waals surface area contributed by atoms with Gasteiger partial charge in [-0.1, -0.05) is 20.8 Å². The first-order chi connectivity index (χ1) is 11.8. The summed E-state index contributed by atoms with van der Waals surface area (Å²) in [5, 5.41) is 26.1. The van der Waals surface area contributed by atoms with Crippen molar-refractivity contribution in [3.05, 3.63) is 53.5 Å². The molecule has 0 aliphatic rings. The SMILES string of the molecule is CC(C)(C)c1ccnc2c(C(=O)NCc3ccc(O)cc3O)cnn12. The van der Waals surface area contributed by atoms with Crippen LogP contribution in [0.4, 0.5) is 0 Å². The number of hydrogen-bond acceptors (Lipinski definition) is 5. The number of nitrogens with one attached hydrogen (secondary N) is 1. The highest BCUT2D eigenvalue weighted by Crippen LogP contribution is 2.24. The molecule has 3 aromatic rings. The van der Waals surface area contributed by atoms with Crippen molar-refractivity contribution in [3.8, 4) is 11.5 Å². The van der Waals surface area contributed by atoms with Crippen molar-refractivity contribution in [3.63, 3.8) is 0 Å². The van der Waals surface area contributed by atoms with Gasteiger partial charge in [0.05, 0.1) is 11.9 Å². The lowest BCUT2D eigenvalue weighted by Crippen LogP contribution is -2.23. The quantitative estimate of drug-likeness (QED) is 0.680. The lowest BCUT2D eigenvalue weighted by atomic mass is 9.92. The zero-order chi connectivity index (χ0) is 18.2. The van der Waals surface area contributed by atoms with E-state index in [1.807, 2.05) is 6.07 Å². The molecule has 0 saturated heterocycles. The molecular weight excluding hydrogens is 320 g/mol. The number of aromatic nitrogens is 3. The van der Waals surface area contributed by atoms with Crippen molar-refractivity contribution in [2.75, 3.05) is 0 Å². The Morgan fingerprint density at radius 2 is 2.00 bits per heavy atom. The van der Waals surface area contributed by atoms with E-state index in [9.17, 15) is 15.0 Å². The van der Waals surface area contributed by atoms with Crippen LogP contribution in [0.3, 0.4) is 0 Å². The maximum Gasteiger partial charge on any atom is 0.257 e. The number of carbonyl (C=O) groups is 1. The molecule has 0 radical (unpaired) electrons. The van der Waals surface area contributed by atoms with Crippen LogP contribution in [-0.4, -0.2) is 30.7 Å². The monoisotopic (exact) mass is 340 g/mol. The first-order valence-electron chi connectivity index (χ1n) is 7.89. The highest BCUT2D eigenvalue weighted by Gasteiger charge is 2.21. The molecule has 7 heteroatoms. The average molecular weight is 340 g/mol. The Balaban J connectivity index is 1.86. The van der Waals surface area contributed by atoms with Gasteiger partial charge in [0, 0.05) is 29.8 Å². The Labute approximate surface area is 145 Å². The second kappa shape index (κ2) is 6.08. The molecule has 2 aromatic heterocycles. The summed E-state index contributed by atoms with van der Waals surface area (Å²) in [6, 6.07) is 6.12. The van der Waals surface area contributed by atoms with Crippen molar-refractivity contribution in [2.24, 2.45) is 0 Å². The molecular formula is C18H20N4O3. The van der Waals surface area contributed by atoms with Crippen molar-refractivity contribution < 1.29 is 15.0 Å². The van der Waals surface area contributed by atoms with Gasteiger partial charge in [-0.25, -0.2) is 9.50 Å². The minimum Gasteiger partial charge on any atom is -0.508 e. The molecule has 0 spiro atoms. The van der Waals surface area contributed by atoms with E-state index in [1.165, 1.54) is 18.3 Å². The van der Waals surface area contributed by atoms with Crippen molar-refractivity contribution in [1.29, 1.82) is 0 Å². The fraction of sp³-hybridized carbons (Fsp3) is 0.278. The number of fused-ring (bicyclic) bond motifs is 1. The topological polar surface area (TPSA) is 99.8 Å². The first kappa shape index (κ1) is 16.8. The molecule has 2 heterocycles. The van der Waals surface area contributed by atoms with Gasteiger partial charge in [-0.15, -0.1) is 0 Å². The molecule has 25 heavy (non-hydrogen) atoms. The van der Waals surface area contributed by atoms with Gasteiger partial charge in [-0.2, -0.15) is 5.10 Å². The second-order valence-electron chi connectivity index (χ2n) is 6.87. The molecule has 0 unspecified atom stereocenters. The lowest BCUT2D eigenvalue weighted by Gasteiger charge is -2.19. The maximum atomic E-state index is 12.5. The zero-order valence-electron chi connectivity index (χ0n) is 14.3. The third kappa shape index (κ3) is 3.26. The van der Waals surface area contributed by atoms with E-state index < -0.39 is 0 Å². The Bertz CT molecular complexity index is 941. The highest BCUT2D eigenvalue weighted by atomic mass is 16.3. The summed E-state index contributed by atoms with van der Waals surface area (Å²) in [5.74, 6) is -0.441. The molecule has 7 nitrogen and oxygen atoms in total. The number of carbonyl (C=O) groups excluding carboxylic acids is 1. The van der Waals surface area contributed by atoms with E-state index in [4.69, 9.17) is 0 Å². The van der Waals surface area contributed by atoms with Gasteiger partial charge in [0.25, 0.3) is 5.91 Å². The van der Waals surface area contributed by atoms with Crippen molar-refractivity contribution in [2.45, 2.75) is 32.7 Å². The number of phenols is 2. The Hall–Kier alpha value is -3.09. The van der Waals surface area contributed by atoms with Crippen LogP contribution < -0.4 is 5.32 Å². The summed E-state index contributed by atoms with van der Waals surface area (Å²) in [4.78, 5) is 16.8. The van der Waals surface area contributed by atoms with Crippen LogP contribution in [-0.2, 0) is 12.0 Å². The standard InChI is InChI=1S/C18H20N4O3/c1-18(2,3)15-6-7-19-16-13(10-21-22(15)16)17(25)20-9-11-4-5-12(23)8-14(11)24/h4-8,10,23-24H,9H2,1-3H3,(H,20,25). The van der Waals surface area contributed by atoms with Gasteiger partial charge < -0.3 is 15.5 Å². The molecule has 1 amide bonds. The van der Waals surface area contributed by atoms with Crippen LogP contribution in [0, 0.1) is 0 Å². The predicted octanol–water partition coefficient (Wildman–Crippen LogP) is 2.37. The molecule has 1 aromatic carbocycles. The van der Waals surface area contributed by atoms with Crippen LogP contribution in [0.15, 0.2) is 36.7 Å². The normalized spacial score (nSPS) is 11.6. The minimum atomic E-state index is -0.332. The van der Waals surface area contributed by atoms with Crippen LogP contribution in [0.5, 0.6) is 11.5 Å². The maximum absolute atomic E-state index is 12.5. The lowest BCUT2D eigenvalue weighted by molar-refractivity contribution is 0.0952. The highest BCUT2D eigenvalue weighted by molar-refractivity contribution is 5.99. The van der Waals surface area contributed by atoms with Crippen molar-refractivity contribution in [1.82, 2.24) is 19.9 Å². The summed E-state index contributed by atoms with van der Waals surface area (Å²) in [5.41, 5.74) is 2.17. The van der Waals surface area contributed by atoms with Gasteiger partial charge in [0.2, 0.25) is 0 Å². The van der Waals surface area contributed by atoms with Gasteiger partial charge >= 0.3 is 0 Å². The molecule has 130 valence electrons. The minimum absolute atomic E-state index is 0.0332. The molecule has 0 fully saturated rings. The van der Waals surface area contributed by atoms with Crippen LogP contribution >= 0.6 is 0 Å². The predicted molar refractivity (Wildman–Crippen MR) is 92.6 cm³/mol. The molecule has 0 bridgehead atoms. The number of aromatic hydroxyl groups is 2. The smallest absolute Gasteiger partial charge is 0.257 e. The molecule has 3 N–H and O–H groups in total. The Morgan fingerprint density at radius 1 is 1.24 bits per heavy atom. The van der Waals surface area contributed by atoms with Gasteiger partial charge in [-0.05, 0) is 18.2 Å². The largest absolute Gasteiger partial charge is 0.508 e. The molecule has 0 aliphatic heterocycles. The summed E-state index contributed by atoms with van der Waals surface area (Å²) < 4.78 is 1.67. The Kier molecular flexibility index (Phi) is 4.08. The van der Waals surface area contributed by atoms with E-state index in [0.29, 0.717) is 16.8 Å². The zero-order valence-corrected chi connectivity index (χ0v) is 14.3. The Morgan fingerprint density at radius 3 is 2.68 bits per heavy atom. The summed E-state index contributed by atoms with van der Waals surface area (Å²) >= 11 is 0. The van der Waals surface area contributed by atoms with Gasteiger partial charge in [-0.3, -0.25) is 4.79 Å². The number of phenolic OH excluding ortho intramolecular Hbond substituents is 2. The molecule has 3 rings (SSSR count). The third-order valence-corrected chi connectivity index (χ3v) is 3.92. The fourth-order valence-electron chi connectivity index (χ4n) is 2.59. The van der Waals surface area contributed by atoms with Crippen LogP contribution in [0.2, 0.25) is 0 Å². The second-order valence-corrected chi connectivity index (χ2v) is 6.87. The number of rotatable bonds is 3. The van der Waals surface area contributed by atoms with Gasteiger partial charge in [0.15, 0.2) is 5.65 Å². The number of hydrogen-bond donors (Lipinski definition) is 3. The van der Waals surface area contributed by atoms with E-state index >= 15 is 0 Å².